The molecule has 1 N–H and O–H groups in total. The van der Waals surface area contributed by atoms with E-state index in [4.69, 9.17) is 10.00 Å². The van der Waals surface area contributed by atoms with Crippen LogP contribution in [0.5, 0.6) is 5.75 Å². The van der Waals surface area contributed by atoms with Crippen LogP contribution >= 0.6 is 12.4 Å². The molecule has 4 nitrogen and oxygen atoms in total. The minimum absolute atomic E-state index is 0. The average Bonchev–Trinajstić information content (AvgIpc) is 2.71. The molecule has 1 saturated heterocycles. The standard InChI is InChI=1S/C10H11N3O.ClH/c11-5-8-1-3-13-7-10(8)14-9-2-4-12-6-9;/h1,3,7,9,12H,2,4,6H2;1H/t9-;/m0./s1. The van der Waals surface area contributed by atoms with Crippen LogP contribution in [0.1, 0.15) is 12.0 Å². The van der Waals surface area contributed by atoms with Crippen LogP contribution in [0.3, 0.4) is 0 Å². The molecule has 1 aromatic rings. The van der Waals surface area contributed by atoms with Crippen LogP contribution in [-0.4, -0.2) is 24.2 Å². The molecule has 1 atom stereocenters. The number of aromatic nitrogens is 1. The number of rotatable bonds is 2. The van der Waals surface area contributed by atoms with E-state index in [1.807, 2.05) is 0 Å². The summed E-state index contributed by atoms with van der Waals surface area (Å²) in [5, 5.41) is 12.0. The topological polar surface area (TPSA) is 57.9 Å². The van der Waals surface area contributed by atoms with Gasteiger partial charge < -0.3 is 10.1 Å². The molecule has 5 heteroatoms. The van der Waals surface area contributed by atoms with Crippen LogP contribution in [0.15, 0.2) is 18.5 Å². The molecule has 2 heterocycles. The predicted molar refractivity (Wildman–Crippen MR) is 58.1 cm³/mol. The van der Waals surface area contributed by atoms with E-state index in [0.717, 1.165) is 19.5 Å². The van der Waals surface area contributed by atoms with Crippen LogP contribution in [0.25, 0.3) is 0 Å². The van der Waals surface area contributed by atoms with Crippen molar-refractivity contribution in [2.24, 2.45) is 0 Å². The fourth-order valence-electron chi connectivity index (χ4n) is 1.47. The molecule has 15 heavy (non-hydrogen) atoms. The van der Waals surface area contributed by atoms with E-state index in [1.165, 1.54) is 0 Å². The van der Waals surface area contributed by atoms with Gasteiger partial charge in [0, 0.05) is 12.7 Å². The van der Waals surface area contributed by atoms with Gasteiger partial charge in [0.15, 0.2) is 5.75 Å². The normalized spacial score (nSPS) is 19.0. The zero-order valence-electron chi connectivity index (χ0n) is 8.14. The molecule has 0 bridgehead atoms. The molecule has 1 aromatic heterocycles. The number of hydrogen-bond donors (Lipinski definition) is 1. The number of hydrogen-bond acceptors (Lipinski definition) is 4. The maximum absolute atomic E-state index is 8.82. The number of nitriles is 1. The SMILES string of the molecule is Cl.N#Cc1ccncc1O[C@H]1CCNC1. The zero-order valence-corrected chi connectivity index (χ0v) is 8.96. The summed E-state index contributed by atoms with van der Waals surface area (Å²) < 4.78 is 5.65. The summed E-state index contributed by atoms with van der Waals surface area (Å²) in [4.78, 5) is 3.94. The molecule has 0 aliphatic carbocycles. The average molecular weight is 226 g/mol. The molecule has 80 valence electrons. The molecule has 1 fully saturated rings. The molecular formula is C10H12ClN3O. The smallest absolute Gasteiger partial charge is 0.155 e. The van der Waals surface area contributed by atoms with Crippen molar-refractivity contribution in [3.63, 3.8) is 0 Å². The molecule has 2 rings (SSSR count). The first-order chi connectivity index (χ1) is 6.90. The summed E-state index contributed by atoms with van der Waals surface area (Å²) in [7, 11) is 0. The second-order valence-corrected chi connectivity index (χ2v) is 3.22. The Labute approximate surface area is 94.7 Å². The minimum atomic E-state index is 0. The van der Waals surface area contributed by atoms with Gasteiger partial charge in [-0.3, -0.25) is 4.98 Å². The van der Waals surface area contributed by atoms with Gasteiger partial charge >= 0.3 is 0 Å². The van der Waals surface area contributed by atoms with Crippen molar-refractivity contribution in [2.45, 2.75) is 12.5 Å². The summed E-state index contributed by atoms with van der Waals surface area (Å²) in [6.45, 7) is 1.83. The molecule has 0 amide bonds. The van der Waals surface area contributed by atoms with E-state index in [1.54, 1.807) is 18.5 Å². The first-order valence-corrected chi connectivity index (χ1v) is 4.61. The zero-order chi connectivity index (χ0) is 9.80. The van der Waals surface area contributed by atoms with Crippen LogP contribution < -0.4 is 10.1 Å². The Bertz CT molecular complexity index is 358. The molecule has 0 radical (unpaired) electrons. The first-order valence-electron chi connectivity index (χ1n) is 4.61. The summed E-state index contributed by atoms with van der Waals surface area (Å²) in [5.41, 5.74) is 0.548. The highest BCUT2D eigenvalue weighted by Crippen LogP contribution is 2.18. The van der Waals surface area contributed by atoms with Gasteiger partial charge in [-0.15, -0.1) is 12.4 Å². The summed E-state index contributed by atoms with van der Waals surface area (Å²) >= 11 is 0. The van der Waals surface area contributed by atoms with Crippen molar-refractivity contribution in [2.75, 3.05) is 13.1 Å². The molecule has 1 aliphatic rings. The van der Waals surface area contributed by atoms with Crippen LogP contribution in [0, 0.1) is 11.3 Å². The Morgan fingerprint density at radius 3 is 3.13 bits per heavy atom. The van der Waals surface area contributed by atoms with Crippen molar-refractivity contribution in [1.29, 1.82) is 5.26 Å². The lowest BCUT2D eigenvalue weighted by Gasteiger charge is -2.12. The predicted octanol–water partition coefficient (Wildman–Crippen LogP) is 1.12. The molecule has 0 aromatic carbocycles. The Kier molecular flexibility index (Phi) is 4.35. The summed E-state index contributed by atoms with van der Waals surface area (Å²) in [6, 6.07) is 3.75. The highest BCUT2D eigenvalue weighted by Gasteiger charge is 2.17. The Hall–Kier alpha value is -1.31. The van der Waals surface area contributed by atoms with Crippen molar-refractivity contribution in [1.82, 2.24) is 10.3 Å². The molecular weight excluding hydrogens is 214 g/mol. The van der Waals surface area contributed by atoms with E-state index in [9.17, 15) is 0 Å². The van der Waals surface area contributed by atoms with E-state index >= 15 is 0 Å². The molecule has 0 unspecified atom stereocenters. The fraction of sp³-hybridized carbons (Fsp3) is 0.400. The lowest BCUT2D eigenvalue weighted by Crippen LogP contribution is -2.20. The quantitative estimate of drug-likeness (QED) is 0.820. The van der Waals surface area contributed by atoms with Gasteiger partial charge in [0.05, 0.1) is 11.8 Å². The number of pyridine rings is 1. The highest BCUT2D eigenvalue weighted by atomic mass is 35.5. The van der Waals surface area contributed by atoms with Gasteiger partial charge in [-0.1, -0.05) is 0 Å². The number of halogens is 1. The van der Waals surface area contributed by atoms with Crippen LogP contribution in [-0.2, 0) is 0 Å². The second-order valence-electron chi connectivity index (χ2n) is 3.22. The third kappa shape index (κ3) is 2.82. The third-order valence-corrected chi connectivity index (χ3v) is 2.21. The number of ether oxygens (including phenoxy) is 1. The highest BCUT2D eigenvalue weighted by molar-refractivity contribution is 5.85. The van der Waals surface area contributed by atoms with E-state index in [2.05, 4.69) is 16.4 Å². The van der Waals surface area contributed by atoms with Crippen molar-refractivity contribution >= 4 is 12.4 Å². The largest absolute Gasteiger partial charge is 0.486 e. The van der Waals surface area contributed by atoms with Gasteiger partial charge in [-0.05, 0) is 19.0 Å². The van der Waals surface area contributed by atoms with Gasteiger partial charge in [0.1, 0.15) is 12.2 Å². The number of nitrogens with zero attached hydrogens (tertiary/aromatic N) is 2. The fourth-order valence-corrected chi connectivity index (χ4v) is 1.47. The van der Waals surface area contributed by atoms with Crippen molar-refractivity contribution in [3.05, 3.63) is 24.0 Å². The summed E-state index contributed by atoms with van der Waals surface area (Å²) in [5.74, 6) is 0.587. The molecule has 0 spiro atoms. The third-order valence-electron chi connectivity index (χ3n) is 2.21. The van der Waals surface area contributed by atoms with Gasteiger partial charge in [-0.2, -0.15) is 5.26 Å². The van der Waals surface area contributed by atoms with Gasteiger partial charge in [0.2, 0.25) is 0 Å². The minimum Gasteiger partial charge on any atom is -0.486 e. The van der Waals surface area contributed by atoms with Crippen molar-refractivity contribution < 1.29 is 4.74 Å². The second kappa shape index (κ2) is 5.54. The monoisotopic (exact) mass is 225 g/mol. The van der Waals surface area contributed by atoms with Gasteiger partial charge in [0.25, 0.3) is 0 Å². The Morgan fingerprint density at radius 2 is 2.47 bits per heavy atom. The van der Waals surface area contributed by atoms with E-state index < -0.39 is 0 Å². The first kappa shape index (κ1) is 11.8. The Morgan fingerprint density at radius 1 is 1.60 bits per heavy atom. The summed E-state index contributed by atoms with van der Waals surface area (Å²) in [6.07, 6.45) is 4.35. The Balaban J connectivity index is 0.00000112. The van der Waals surface area contributed by atoms with E-state index in [-0.39, 0.29) is 18.5 Å². The molecule has 0 saturated carbocycles. The maximum atomic E-state index is 8.82. The lowest BCUT2D eigenvalue weighted by molar-refractivity contribution is 0.221. The van der Waals surface area contributed by atoms with Crippen LogP contribution in [0.4, 0.5) is 0 Å². The van der Waals surface area contributed by atoms with E-state index in [0.29, 0.717) is 11.3 Å². The van der Waals surface area contributed by atoms with Crippen LogP contribution in [0.2, 0.25) is 0 Å². The number of nitrogens with one attached hydrogen (secondary N) is 1. The molecule has 1 aliphatic heterocycles. The van der Waals surface area contributed by atoms with Gasteiger partial charge in [-0.25, -0.2) is 0 Å². The van der Waals surface area contributed by atoms with Crippen molar-refractivity contribution in [3.8, 4) is 11.8 Å². The maximum Gasteiger partial charge on any atom is 0.155 e. The lowest BCUT2D eigenvalue weighted by atomic mass is 10.2.